The number of nitrogens with zero attached hydrogens (tertiary/aromatic N) is 2. The van der Waals surface area contributed by atoms with Gasteiger partial charge in [-0.05, 0) is 44.1 Å². The predicted octanol–water partition coefficient (Wildman–Crippen LogP) is 2.85. The molecule has 0 saturated carbocycles. The highest BCUT2D eigenvalue weighted by atomic mass is 16.6. The number of anilines is 1. The van der Waals surface area contributed by atoms with Crippen LogP contribution >= 0.6 is 0 Å². The molecule has 22 heavy (non-hydrogen) atoms. The lowest BCUT2D eigenvalue weighted by Crippen LogP contribution is -2.61. The molecule has 1 aromatic heterocycles. The Labute approximate surface area is 128 Å². The SMILES string of the molecule is O=C1O[C@]2(CN3CCC2CC3)CN1c1ccc2ccoc2c1. The molecule has 0 N–H and O–H groups in total. The molecule has 2 aromatic rings. The van der Waals surface area contributed by atoms with Crippen molar-refractivity contribution in [1.29, 1.82) is 0 Å². The van der Waals surface area contributed by atoms with Crippen molar-refractivity contribution in [2.24, 2.45) is 5.92 Å². The largest absolute Gasteiger partial charge is 0.464 e. The van der Waals surface area contributed by atoms with Gasteiger partial charge in [-0.3, -0.25) is 9.80 Å². The van der Waals surface area contributed by atoms with Crippen LogP contribution < -0.4 is 4.90 Å². The molecule has 1 aromatic carbocycles. The predicted molar refractivity (Wildman–Crippen MR) is 81.9 cm³/mol. The average Bonchev–Trinajstić information content (AvgIpc) is 3.12. The van der Waals surface area contributed by atoms with Crippen LogP contribution in [0.2, 0.25) is 0 Å². The summed E-state index contributed by atoms with van der Waals surface area (Å²) in [6.45, 7) is 3.81. The number of fused-ring (bicyclic) bond motifs is 3. The first-order chi connectivity index (χ1) is 10.7. The summed E-state index contributed by atoms with van der Waals surface area (Å²) in [5, 5.41) is 1.05. The molecule has 5 nitrogen and oxygen atoms in total. The molecule has 4 aliphatic rings. The fourth-order valence-corrected chi connectivity index (χ4v) is 4.32. The summed E-state index contributed by atoms with van der Waals surface area (Å²) < 4.78 is 11.4. The third-order valence-corrected chi connectivity index (χ3v) is 5.51. The van der Waals surface area contributed by atoms with Crippen molar-refractivity contribution in [1.82, 2.24) is 4.90 Å². The summed E-state index contributed by atoms with van der Waals surface area (Å²) in [6, 6.07) is 7.82. The topological polar surface area (TPSA) is 45.9 Å². The van der Waals surface area contributed by atoms with Gasteiger partial charge >= 0.3 is 6.09 Å². The third kappa shape index (κ3) is 1.66. The normalized spacial score (nSPS) is 33.8. The van der Waals surface area contributed by atoms with Gasteiger partial charge in [0.1, 0.15) is 11.2 Å². The van der Waals surface area contributed by atoms with E-state index < -0.39 is 0 Å². The molecule has 1 amide bonds. The molecular formula is C17H18N2O3. The molecule has 6 rings (SSSR count). The van der Waals surface area contributed by atoms with Gasteiger partial charge in [0.25, 0.3) is 0 Å². The summed E-state index contributed by atoms with van der Waals surface area (Å²) >= 11 is 0. The van der Waals surface area contributed by atoms with Crippen molar-refractivity contribution in [3.8, 4) is 0 Å². The average molecular weight is 298 g/mol. The van der Waals surface area contributed by atoms with Gasteiger partial charge in [-0.2, -0.15) is 0 Å². The summed E-state index contributed by atoms with van der Waals surface area (Å²) in [5.41, 5.74) is 1.35. The molecule has 1 atom stereocenters. The highest BCUT2D eigenvalue weighted by Crippen LogP contribution is 2.43. The van der Waals surface area contributed by atoms with E-state index in [1.54, 1.807) is 11.2 Å². The number of ether oxygens (including phenoxy) is 1. The Morgan fingerprint density at radius 1 is 1.14 bits per heavy atom. The molecule has 4 saturated heterocycles. The number of hydrogen-bond acceptors (Lipinski definition) is 4. The zero-order valence-electron chi connectivity index (χ0n) is 12.3. The van der Waals surface area contributed by atoms with Crippen LogP contribution in [0.25, 0.3) is 11.0 Å². The van der Waals surface area contributed by atoms with Crippen LogP contribution in [0.1, 0.15) is 12.8 Å². The van der Waals surface area contributed by atoms with Crippen LogP contribution in [-0.4, -0.2) is 42.8 Å². The minimum absolute atomic E-state index is 0.223. The Morgan fingerprint density at radius 2 is 2.00 bits per heavy atom. The molecule has 0 radical (unpaired) electrons. The number of amides is 1. The minimum Gasteiger partial charge on any atom is -0.464 e. The van der Waals surface area contributed by atoms with E-state index in [-0.39, 0.29) is 11.7 Å². The summed E-state index contributed by atoms with van der Waals surface area (Å²) in [4.78, 5) is 16.6. The van der Waals surface area contributed by atoms with E-state index in [1.807, 2.05) is 24.3 Å². The number of furan rings is 1. The number of carbonyl (C=O) groups excluding carboxylic acids is 1. The zero-order valence-corrected chi connectivity index (χ0v) is 12.3. The Bertz CT molecular complexity index is 747. The first-order valence-corrected chi connectivity index (χ1v) is 7.94. The standard InChI is InChI=1S/C17H18N2O3/c20-16-19(14-2-1-12-5-8-21-15(12)9-14)11-17(22-16)10-18-6-3-13(17)4-7-18/h1-2,5,8-9,13H,3-4,6-7,10-11H2/t17-/m1/s1. The lowest BCUT2D eigenvalue weighted by Gasteiger charge is -2.49. The van der Waals surface area contributed by atoms with Crippen molar-refractivity contribution in [3.05, 3.63) is 30.5 Å². The van der Waals surface area contributed by atoms with Crippen LogP contribution in [0, 0.1) is 5.92 Å². The number of benzene rings is 1. The van der Waals surface area contributed by atoms with Gasteiger partial charge in [-0.15, -0.1) is 0 Å². The van der Waals surface area contributed by atoms with E-state index >= 15 is 0 Å². The Hall–Kier alpha value is -2.01. The van der Waals surface area contributed by atoms with Crippen molar-refractivity contribution < 1.29 is 13.9 Å². The summed E-state index contributed by atoms with van der Waals surface area (Å²) in [5.74, 6) is 0.499. The van der Waals surface area contributed by atoms with Gasteiger partial charge in [0.2, 0.25) is 0 Å². The first-order valence-electron chi connectivity index (χ1n) is 7.94. The Kier molecular flexibility index (Phi) is 2.42. The van der Waals surface area contributed by atoms with Crippen LogP contribution in [0.15, 0.2) is 34.9 Å². The Balaban J connectivity index is 1.49. The fraction of sp³-hybridized carbons (Fsp3) is 0.471. The van der Waals surface area contributed by atoms with E-state index in [4.69, 9.17) is 9.15 Å². The molecule has 4 aliphatic heterocycles. The van der Waals surface area contributed by atoms with E-state index in [0.29, 0.717) is 12.5 Å². The van der Waals surface area contributed by atoms with Crippen LogP contribution in [0.4, 0.5) is 10.5 Å². The minimum atomic E-state index is -0.314. The lowest BCUT2D eigenvalue weighted by atomic mass is 9.75. The van der Waals surface area contributed by atoms with Crippen LogP contribution in [0.5, 0.6) is 0 Å². The molecule has 0 aliphatic carbocycles. The second kappa shape index (κ2) is 4.26. The zero-order chi connectivity index (χ0) is 14.7. The van der Waals surface area contributed by atoms with Crippen molar-refractivity contribution >= 4 is 22.7 Å². The Morgan fingerprint density at radius 3 is 2.77 bits per heavy atom. The number of hydrogen-bond donors (Lipinski definition) is 0. The van der Waals surface area contributed by atoms with Gasteiger partial charge in [-0.25, -0.2) is 4.79 Å². The molecular weight excluding hydrogens is 280 g/mol. The second-order valence-electron chi connectivity index (χ2n) is 6.71. The monoisotopic (exact) mass is 298 g/mol. The molecule has 5 heterocycles. The number of piperidine rings is 3. The van der Waals surface area contributed by atoms with Crippen LogP contribution in [-0.2, 0) is 4.74 Å². The van der Waals surface area contributed by atoms with Crippen molar-refractivity contribution in [3.63, 3.8) is 0 Å². The molecule has 114 valence electrons. The smallest absolute Gasteiger partial charge is 0.415 e. The van der Waals surface area contributed by atoms with Gasteiger partial charge in [0.15, 0.2) is 0 Å². The quantitative estimate of drug-likeness (QED) is 0.812. The maximum absolute atomic E-state index is 12.5. The third-order valence-electron chi connectivity index (χ3n) is 5.51. The highest BCUT2D eigenvalue weighted by Gasteiger charge is 2.55. The van der Waals surface area contributed by atoms with E-state index in [0.717, 1.165) is 49.1 Å². The molecule has 5 heteroatoms. The van der Waals surface area contributed by atoms with Crippen LogP contribution in [0.3, 0.4) is 0 Å². The molecule has 0 unspecified atom stereocenters. The van der Waals surface area contributed by atoms with Gasteiger partial charge in [0, 0.05) is 23.9 Å². The number of rotatable bonds is 1. The van der Waals surface area contributed by atoms with E-state index in [2.05, 4.69) is 4.90 Å². The van der Waals surface area contributed by atoms with E-state index in [1.165, 1.54) is 0 Å². The maximum Gasteiger partial charge on any atom is 0.415 e. The van der Waals surface area contributed by atoms with Crippen molar-refractivity contribution in [2.45, 2.75) is 18.4 Å². The van der Waals surface area contributed by atoms with E-state index in [9.17, 15) is 4.79 Å². The molecule has 4 fully saturated rings. The van der Waals surface area contributed by atoms with Crippen molar-refractivity contribution in [2.75, 3.05) is 31.1 Å². The summed E-state index contributed by atoms with van der Waals surface area (Å²) in [7, 11) is 0. The van der Waals surface area contributed by atoms with Gasteiger partial charge < -0.3 is 9.15 Å². The number of carbonyl (C=O) groups is 1. The molecule has 1 spiro atoms. The highest BCUT2D eigenvalue weighted by molar-refractivity contribution is 5.93. The van der Waals surface area contributed by atoms with Gasteiger partial charge in [-0.1, -0.05) is 0 Å². The van der Waals surface area contributed by atoms with Gasteiger partial charge in [0.05, 0.1) is 18.5 Å². The first kappa shape index (κ1) is 12.5. The lowest BCUT2D eigenvalue weighted by molar-refractivity contribution is -0.0881. The second-order valence-corrected chi connectivity index (χ2v) is 6.71. The summed E-state index contributed by atoms with van der Waals surface area (Å²) in [6.07, 6.45) is 3.72. The fourth-order valence-electron chi connectivity index (χ4n) is 4.32. The maximum atomic E-state index is 12.5. The molecule has 2 bridgehead atoms.